The Bertz CT molecular complexity index is 1080. The van der Waals surface area contributed by atoms with Gasteiger partial charge in [0.15, 0.2) is 16.6 Å². The summed E-state index contributed by atoms with van der Waals surface area (Å²) < 4.78 is 10.8. The van der Waals surface area contributed by atoms with Crippen LogP contribution < -0.4 is 14.8 Å². The van der Waals surface area contributed by atoms with Crippen LogP contribution in [0.5, 0.6) is 11.5 Å². The van der Waals surface area contributed by atoms with E-state index in [0.717, 1.165) is 33.6 Å². The monoisotopic (exact) mass is 426 g/mol. The minimum Gasteiger partial charge on any atom is -0.454 e. The molecule has 4 aromatic rings. The van der Waals surface area contributed by atoms with Gasteiger partial charge in [0.2, 0.25) is 6.79 Å². The zero-order valence-corrected chi connectivity index (χ0v) is 16.2. The number of aromatic nitrogens is 1. The average molecular weight is 427 g/mol. The third kappa shape index (κ3) is 3.13. The molecule has 3 aromatic carbocycles. The van der Waals surface area contributed by atoms with Gasteiger partial charge in [0, 0.05) is 22.7 Å². The van der Waals surface area contributed by atoms with Gasteiger partial charge in [-0.3, -0.25) is 0 Å². The van der Waals surface area contributed by atoms with Crippen LogP contribution >= 0.6 is 28.3 Å². The minimum atomic E-state index is 0. The van der Waals surface area contributed by atoms with Crippen molar-refractivity contribution in [2.75, 3.05) is 12.1 Å². The number of fused-ring (bicyclic) bond motifs is 2. The fourth-order valence-corrected chi connectivity index (χ4v) is 3.65. The molecule has 1 aliphatic heterocycles. The fraction of sp³-hybridized carbons (Fsp3) is 0.0500. The van der Waals surface area contributed by atoms with E-state index in [4.69, 9.17) is 14.5 Å². The molecule has 0 bridgehead atoms. The van der Waals surface area contributed by atoms with Gasteiger partial charge < -0.3 is 14.8 Å². The van der Waals surface area contributed by atoms with E-state index in [1.54, 1.807) is 11.3 Å². The lowest BCUT2D eigenvalue weighted by molar-refractivity contribution is 0.174. The van der Waals surface area contributed by atoms with E-state index in [-0.39, 0.29) is 23.8 Å². The van der Waals surface area contributed by atoms with E-state index in [1.807, 2.05) is 18.2 Å². The summed E-state index contributed by atoms with van der Waals surface area (Å²) in [4.78, 5) is 4.71. The first-order chi connectivity index (χ1) is 12.3. The molecule has 0 saturated carbocycles. The number of hydrogen-bond donors (Lipinski definition) is 1. The van der Waals surface area contributed by atoms with Crippen molar-refractivity contribution in [1.29, 1.82) is 0 Å². The van der Waals surface area contributed by atoms with E-state index in [1.165, 1.54) is 10.8 Å². The van der Waals surface area contributed by atoms with Gasteiger partial charge in [-0.25, -0.2) is 4.98 Å². The Hall–Kier alpha value is -2.57. The first-order valence-electron chi connectivity index (χ1n) is 7.96. The van der Waals surface area contributed by atoms with Crippen LogP contribution in [0.4, 0.5) is 10.8 Å². The van der Waals surface area contributed by atoms with Crippen LogP contribution in [0.2, 0.25) is 0 Å². The van der Waals surface area contributed by atoms with Crippen molar-refractivity contribution in [2.45, 2.75) is 0 Å². The maximum absolute atomic E-state index is 5.41. The normalized spacial score (nSPS) is 12.0. The molecular formula is C20H15BrN2O2S. The number of rotatable bonds is 3. The lowest BCUT2D eigenvalue weighted by atomic mass is 10.1. The zero-order chi connectivity index (χ0) is 16.6. The first kappa shape index (κ1) is 16.9. The second kappa shape index (κ2) is 6.97. The van der Waals surface area contributed by atoms with Gasteiger partial charge in [0.25, 0.3) is 0 Å². The van der Waals surface area contributed by atoms with Crippen LogP contribution in [0.25, 0.3) is 22.0 Å². The predicted octanol–water partition coefficient (Wildman–Crippen LogP) is 6.01. The van der Waals surface area contributed by atoms with E-state index in [9.17, 15) is 0 Å². The van der Waals surface area contributed by atoms with Crippen molar-refractivity contribution >= 4 is 49.9 Å². The minimum absolute atomic E-state index is 0. The maximum Gasteiger partial charge on any atom is 0.231 e. The molecule has 0 aliphatic carbocycles. The number of ether oxygens (including phenoxy) is 2. The average Bonchev–Trinajstić information content (AvgIpc) is 3.30. The molecule has 0 atom stereocenters. The molecule has 0 radical (unpaired) electrons. The van der Waals surface area contributed by atoms with Gasteiger partial charge >= 0.3 is 0 Å². The van der Waals surface area contributed by atoms with Crippen LogP contribution in [0, 0.1) is 0 Å². The van der Waals surface area contributed by atoms with Crippen molar-refractivity contribution in [2.24, 2.45) is 0 Å². The van der Waals surface area contributed by atoms with Crippen molar-refractivity contribution in [3.8, 4) is 22.8 Å². The number of anilines is 2. The summed E-state index contributed by atoms with van der Waals surface area (Å²) in [6, 6.07) is 20.6. The standard InChI is InChI=1S/C20H14N2O2S.BrH/c1-2-4-14-9-15(6-5-13(14)3-1)17-11-25-20(22-17)21-16-7-8-18-19(10-16)24-12-23-18;/h1-11H,12H2,(H,21,22);1H. The molecule has 0 amide bonds. The summed E-state index contributed by atoms with van der Waals surface area (Å²) in [6.45, 7) is 0.280. The number of hydrogen-bond acceptors (Lipinski definition) is 5. The Kier molecular flexibility index (Phi) is 4.53. The summed E-state index contributed by atoms with van der Waals surface area (Å²) in [6.07, 6.45) is 0. The van der Waals surface area contributed by atoms with E-state index in [2.05, 4.69) is 53.2 Å². The molecule has 26 heavy (non-hydrogen) atoms. The highest BCUT2D eigenvalue weighted by Crippen LogP contribution is 2.36. The number of thiazole rings is 1. The van der Waals surface area contributed by atoms with Crippen LogP contribution in [0.1, 0.15) is 0 Å². The number of nitrogens with one attached hydrogen (secondary N) is 1. The Balaban J connectivity index is 0.00000168. The van der Waals surface area contributed by atoms with Gasteiger partial charge in [0.05, 0.1) is 5.69 Å². The second-order valence-electron chi connectivity index (χ2n) is 5.79. The maximum atomic E-state index is 5.41. The largest absolute Gasteiger partial charge is 0.454 e. The Morgan fingerprint density at radius 2 is 1.73 bits per heavy atom. The summed E-state index contributed by atoms with van der Waals surface area (Å²) in [7, 11) is 0. The molecule has 6 heteroatoms. The molecule has 0 saturated heterocycles. The lowest BCUT2D eigenvalue weighted by Crippen LogP contribution is -1.93. The highest BCUT2D eigenvalue weighted by molar-refractivity contribution is 8.93. The number of nitrogens with zero attached hydrogens (tertiary/aromatic N) is 1. The topological polar surface area (TPSA) is 43.4 Å². The molecule has 0 fully saturated rings. The lowest BCUT2D eigenvalue weighted by Gasteiger charge is -2.04. The van der Waals surface area contributed by atoms with Crippen molar-refractivity contribution < 1.29 is 9.47 Å². The van der Waals surface area contributed by atoms with Crippen LogP contribution in [-0.4, -0.2) is 11.8 Å². The van der Waals surface area contributed by atoms with Gasteiger partial charge in [-0.2, -0.15) is 0 Å². The molecule has 1 aromatic heterocycles. The summed E-state index contributed by atoms with van der Waals surface area (Å²) >= 11 is 1.58. The Morgan fingerprint density at radius 1 is 0.885 bits per heavy atom. The number of benzene rings is 3. The molecule has 1 aliphatic rings. The summed E-state index contributed by atoms with van der Waals surface area (Å²) in [5.41, 5.74) is 3.02. The second-order valence-corrected chi connectivity index (χ2v) is 6.65. The van der Waals surface area contributed by atoms with Gasteiger partial charge in [-0.05, 0) is 29.0 Å². The third-order valence-electron chi connectivity index (χ3n) is 4.17. The molecule has 4 nitrogen and oxygen atoms in total. The van der Waals surface area contributed by atoms with Crippen molar-refractivity contribution in [3.05, 3.63) is 66.0 Å². The number of halogens is 1. The molecule has 130 valence electrons. The summed E-state index contributed by atoms with van der Waals surface area (Å²) in [5, 5.41) is 8.71. The van der Waals surface area contributed by atoms with Gasteiger partial charge in [0.1, 0.15) is 0 Å². The van der Waals surface area contributed by atoms with E-state index < -0.39 is 0 Å². The Morgan fingerprint density at radius 3 is 2.65 bits per heavy atom. The van der Waals surface area contributed by atoms with E-state index >= 15 is 0 Å². The van der Waals surface area contributed by atoms with Gasteiger partial charge in [-0.1, -0.05) is 36.4 Å². The fourth-order valence-electron chi connectivity index (χ4n) is 2.91. The molecular weight excluding hydrogens is 412 g/mol. The van der Waals surface area contributed by atoms with Crippen LogP contribution in [0.15, 0.2) is 66.0 Å². The van der Waals surface area contributed by atoms with E-state index in [0.29, 0.717) is 0 Å². The molecule has 2 heterocycles. The summed E-state index contributed by atoms with van der Waals surface area (Å²) in [5.74, 6) is 1.54. The molecule has 1 N–H and O–H groups in total. The molecule has 5 rings (SSSR count). The zero-order valence-electron chi connectivity index (χ0n) is 13.6. The first-order valence-corrected chi connectivity index (χ1v) is 8.84. The highest BCUT2D eigenvalue weighted by atomic mass is 79.9. The Labute approximate surface area is 165 Å². The molecule has 0 spiro atoms. The molecule has 0 unspecified atom stereocenters. The highest BCUT2D eigenvalue weighted by Gasteiger charge is 2.14. The van der Waals surface area contributed by atoms with Crippen molar-refractivity contribution in [1.82, 2.24) is 4.98 Å². The van der Waals surface area contributed by atoms with Gasteiger partial charge in [-0.15, -0.1) is 28.3 Å². The SMILES string of the molecule is Br.c1ccc2cc(-c3csc(Nc4ccc5c(c4)OCO5)n3)ccc2c1. The van der Waals surface area contributed by atoms with Crippen LogP contribution in [0.3, 0.4) is 0 Å². The smallest absolute Gasteiger partial charge is 0.231 e. The van der Waals surface area contributed by atoms with Crippen molar-refractivity contribution in [3.63, 3.8) is 0 Å². The third-order valence-corrected chi connectivity index (χ3v) is 4.93. The predicted molar refractivity (Wildman–Crippen MR) is 111 cm³/mol. The van der Waals surface area contributed by atoms with Crippen LogP contribution in [-0.2, 0) is 0 Å². The quantitative estimate of drug-likeness (QED) is 0.435.